The van der Waals surface area contributed by atoms with Gasteiger partial charge in [0.05, 0.1) is 17.8 Å². The fourth-order valence-corrected chi connectivity index (χ4v) is 1.84. The van der Waals surface area contributed by atoms with Gasteiger partial charge in [-0.3, -0.25) is 10.1 Å². The third-order valence-electron chi connectivity index (χ3n) is 1.81. The maximum atomic E-state index is 10.8. The van der Waals surface area contributed by atoms with E-state index in [-0.39, 0.29) is 17.2 Å². The number of sulfonamides is 1. The highest BCUT2D eigenvalue weighted by atomic mass is 32.2. The maximum absolute atomic E-state index is 10.8. The van der Waals surface area contributed by atoms with Crippen molar-refractivity contribution in [3.63, 3.8) is 0 Å². The third kappa shape index (κ3) is 3.17. The standard InChI is InChI=1S/C8H10N2O5S/c1-15-8-4-6(5-16(9,13)14)2-3-7(8)10(11)12/h2-4H,5H2,1H3,(H2,9,13,14). The first-order valence-corrected chi connectivity index (χ1v) is 5.87. The maximum Gasteiger partial charge on any atom is 0.310 e. The van der Waals surface area contributed by atoms with Crippen LogP contribution in [0.1, 0.15) is 5.56 Å². The van der Waals surface area contributed by atoms with Gasteiger partial charge in [-0.1, -0.05) is 6.07 Å². The number of ether oxygens (including phenoxy) is 1. The Bertz CT molecular complexity index is 511. The summed E-state index contributed by atoms with van der Waals surface area (Å²) in [5.41, 5.74) is 0.116. The number of rotatable bonds is 4. The van der Waals surface area contributed by atoms with Crippen molar-refractivity contribution in [2.24, 2.45) is 5.14 Å². The summed E-state index contributed by atoms with van der Waals surface area (Å²) < 4.78 is 26.4. The van der Waals surface area contributed by atoms with Crippen LogP contribution in [0, 0.1) is 10.1 Å². The Hall–Kier alpha value is -1.67. The van der Waals surface area contributed by atoms with Gasteiger partial charge in [-0.25, -0.2) is 13.6 Å². The van der Waals surface area contributed by atoms with Crippen LogP contribution < -0.4 is 9.88 Å². The second-order valence-electron chi connectivity index (χ2n) is 3.07. The molecule has 0 unspecified atom stereocenters. The fraction of sp³-hybridized carbons (Fsp3) is 0.250. The van der Waals surface area contributed by atoms with E-state index in [9.17, 15) is 18.5 Å². The van der Waals surface area contributed by atoms with Gasteiger partial charge in [0, 0.05) is 6.07 Å². The largest absolute Gasteiger partial charge is 0.490 e. The van der Waals surface area contributed by atoms with E-state index >= 15 is 0 Å². The predicted octanol–water partition coefficient (Wildman–Crippen LogP) is 0.392. The monoisotopic (exact) mass is 246 g/mol. The van der Waals surface area contributed by atoms with E-state index in [0.717, 1.165) is 0 Å². The van der Waals surface area contributed by atoms with Gasteiger partial charge >= 0.3 is 5.69 Å². The normalized spacial score (nSPS) is 11.1. The molecule has 0 heterocycles. The number of nitro benzene ring substituents is 1. The average molecular weight is 246 g/mol. The van der Waals surface area contributed by atoms with Gasteiger partial charge < -0.3 is 4.74 Å². The van der Waals surface area contributed by atoms with Crippen molar-refractivity contribution in [3.05, 3.63) is 33.9 Å². The number of hydrogen-bond donors (Lipinski definition) is 1. The number of methoxy groups -OCH3 is 1. The van der Waals surface area contributed by atoms with E-state index < -0.39 is 14.9 Å². The van der Waals surface area contributed by atoms with E-state index in [1.54, 1.807) is 0 Å². The molecule has 0 aromatic heterocycles. The van der Waals surface area contributed by atoms with Crippen molar-refractivity contribution < 1.29 is 18.1 Å². The lowest BCUT2D eigenvalue weighted by atomic mass is 10.2. The Morgan fingerprint density at radius 3 is 2.56 bits per heavy atom. The SMILES string of the molecule is COc1cc(CS(N)(=O)=O)ccc1[N+](=O)[O-]. The minimum absolute atomic E-state index is 0.00569. The Balaban J connectivity index is 3.14. The van der Waals surface area contributed by atoms with Crippen LogP contribution in [0.15, 0.2) is 18.2 Å². The smallest absolute Gasteiger partial charge is 0.310 e. The Labute approximate surface area is 92.0 Å². The number of primary sulfonamides is 1. The van der Waals surface area contributed by atoms with E-state index in [2.05, 4.69) is 0 Å². The lowest BCUT2D eigenvalue weighted by molar-refractivity contribution is -0.385. The van der Waals surface area contributed by atoms with E-state index in [4.69, 9.17) is 9.88 Å². The Kier molecular flexibility index (Phi) is 3.45. The molecule has 0 radical (unpaired) electrons. The number of nitrogens with two attached hydrogens (primary N) is 1. The highest BCUT2D eigenvalue weighted by Gasteiger charge is 2.16. The van der Waals surface area contributed by atoms with Crippen molar-refractivity contribution >= 4 is 15.7 Å². The van der Waals surface area contributed by atoms with Crippen molar-refractivity contribution in [2.75, 3.05) is 7.11 Å². The molecule has 0 atom stereocenters. The quantitative estimate of drug-likeness (QED) is 0.610. The van der Waals surface area contributed by atoms with Gasteiger partial charge in [-0.15, -0.1) is 0 Å². The average Bonchev–Trinajstić information content (AvgIpc) is 2.14. The Morgan fingerprint density at radius 2 is 2.12 bits per heavy atom. The second kappa shape index (κ2) is 4.45. The summed E-state index contributed by atoms with van der Waals surface area (Å²) in [6.07, 6.45) is 0. The molecule has 16 heavy (non-hydrogen) atoms. The summed E-state index contributed by atoms with van der Waals surface area (Å²) in [7, 11) is -2.39. The molecule has 0 aliphatic carbocycles. The van der Waals surface area contributed by atoms with E-state index in [1.807, 2.05) is 0 Å². The lowest BCUT2D eigenvalue weighted by Crippen LogP contribution is -2.14. The molecule has 8 heteroatoms. The van der Waals surface area contributed by atoms with Crippen LogP contribution in [-0.4, -0.2) is 20.5 Å². The zero-order chi connectivity index (χ0) is 12.3. The molecule has 0 spiro atoms. The van der Waals surface area contributed by atoms with Gasteiger partial charge in [0.15, 0.2) is 5.75 Å². The molecule has 0 bridgehead atoms. The highest BCUT2D eigenvalue weighted by Crippen LogP contribution is 2.27. The van der Waals surface area contributed by atoms with Gasteiger partial charge in [-0.2, -0.15) is 0 Å². The molecular weight excluding hydrogens is 236 g/mol. The highest BCUT2D eigenvalue weighted by molar-refractivity contribution is 7.88. The summed E-state index contributed by atoms with van der Waals surface area (Å²) in [4.78, 5) is 9.95. The first kappa shape index (κ1) is 12.4. The zero-order valence-electron chi connectivity index (χ0n) is 8.41. The van der Waals surface area contributed by atoms with Crippen molar-refractivity contribution in [1.82, 2.24) is 0 Å². The zero-order valence-corrected chi connectivity index (χ0v) is 9.23. The van der Waals surface area contributed by atoms with Gasteiger partial charge in [-0.05, 0) is 11.6 Å². The summed E-state index contributed by atoms with van der Waals surface area (Å²) in [5.74, 6) is -0.382. The molecule has 88 valence electrons. The summed E-state index contributed by atoms with van der Waals surface area (Å²) in [6.45, 7) is 0. The molecule has 0 aliphatic rings. The molecule has 0 saturated carbocycles. The summed E-state index contributed by atoms with van der Waals surface area (Å²) in [6, 6.07) is 3.78. The molecule has 0 saturated heterocycles. The van der Waals surface area contributed by atoms with Crippen LogP contribution in [0.3, 0.4) is 0 Å². The molecule has 0 aliphatic heterocycles. The van der Waals surface area contributed by atoms with Gasteiger partial charge in [0.2, 0.25) is 10.0 Å². The minimum atomic E-state index is -3.66. The Morgan fingerprint density at radius 1 is 1.50 bits per heavy atom. The van der Waals surface area contributed by atoms with Crippen LogP contribution in [-0.2, 0) is 15.8 Å². The molecule has 7 nitrogen and oxygen atoms in total. The minimum Gasteiger partial charge on any atom is -0.490 e. The molecule has 1 aromatic carbocycles. The van der Waals surface area contributed by atoms with Gasteiger partial charge in [0.25, 0.3) is 0 Å². The third-order valence-corrected chi connectivity index (χ3v) is 2.54. The van der Waals surface area contributed by atoms with Crippen molar-refractivity contribution in [3.8, 4) is 5.75 Å². The van der Waals surface area contributed by atoms with E-state index in [0.29, 0.717) is 5.56 Å². The molecule has 2 N–H and O–H groups in total. The molecule has 1 rings (SSSR count). The van der Waals surface area contributed by atoms with Gasteiger partial charge in [0.1, 0.15) is 0 Å². The van der Waals surface area contributed by atoms with Crippen LogP contribution in [0.25, 0.3) is 0 Å². The van der Waals surface area contributed by atoms with Crippen LogP contribution in [0.5, 0.6) is 5.75 Å². The van der Waals surface area contributed by atoms with Crippen LogP contribution in [0.2, 0.25) is 0 Å². The number of benzene rings is 1. The first-order valence-electron chi connectivity index (χ1n) is 4.15. The second-order valence-corrected chi connectivity index (χ2v) is 4.68. The van der Waals surface area contributed by atoms with E-state index in [1.165, 1.54) is 25.3 Å². The topological polar surface area (TPSA) is 113 Å². The first-order chi connectivity index (χ1) is 7.33. The lowest BCUT2D eigenvalue weighted by Gasteiger charge is -2.04. The number of hydrogen-bond acceptors (Lipinski definition) is 5. The summed E-state index contributed by atoms with van der Waals surface area (Å²) >= 11 is 0. The number of nitro groups is 1. The summed E-state index contributed by atoms with van der Waals surface area (Å²) in [5, 5.41) is 15.4. The van der Waals surface area contributed by atoms with Crippen LogP contribution in [0.4, 0.5) is 5.69 Å². The molecular formula is C8H10N2O5S. The number of nitrogens with zero attached hydrogens (tertiary/aromatic N) is 1. The van der Waals surface area contributed by atoms with Crippen molar-refractivity contribution in [1.29, 1.82) is 0 Å². The molecule has 0 amide bonds. The van der Waals surface area contributed by atoms with Crippen LogP contribution >= 0.6 is 0 Å². The van der Waals surface area contributed by atoms with Crippen molar-refractivity contribution in [2.45, 2.75) is 5.75 Å². The molecule has 0 fully saturated rings. The fourth-order valence-electron chi connectivity index (χ4n) is 1.19. The predicted molar refractivity (Wildman–Crippen MR) is 56.5 cm³/mol. The molecule has 1 aromatic rings.